The molecular weight excluding hydrogens is 180 g/mol. The fourth-order valence-corrected chi connectivity index (χ4v) is 0.851. The molecule has 0 atom stereocenters. The SMILES string of the molecule is O=C(CCCCl)Nc1cnoc1. The highest BCUT2D eigenvalue weighted by molar-refractivity contribution is 6.18. The Balaban J connectivity index is 2.27. The van der Waals surface area contributed by atoms with Gasteiger partial charge < -0.3 is 9.84 Å². The maximum absolute atomic E-state index is 11.0. The first kappa shape index (κ1) is 9.06. The summed E-state index contributed by atoms with van der Waals surface area (Å²) in [5, 5.41) is 6.04. The molecule has 66 valence electrons. The van der Waals surface area contributed by atoms with E-state index < -0.39 is 0 Å². The predicted octanol–water partition coefficient (Wildman–Crippen LogP) is 1.63. The summed E-state index contributed by atoms with van der Waals surface area (Å²) < 4.78 is 4.53. The molecule has 0 bridgehead atoms. The fraction of sp³-hybridized carbons (Fsp3) is 0.429. The number of carbonyl (C=O) groups excluding carboxylic acids is 1. The van der Waals surface area contributed by atoms with E-state index >= 15 is 0 Å². The summed E-state index contributed by atoms with van der Waals surface area (Å²) in [5.41, 5.74) is 0.578. The van der Waals surface area contributed by atoms with Gasteiger partial charge in [-0.25, -0.2) is 0 Å². The van der Waals surface area contributed by atoms with E-state index in [2.05, 4.69) is 15.0 Å². The molecule has 0 aliphatic carbocycles. The summed E-state index contributed by atoms with van der Waals surface area (Å²) in [6.07, 6.45) is 3.92. The van der Waals surface area contributed by atoms with Crippen LogP contribution in [0.2, 0.25) is 0 Å². The first-order chi connectivity index (χ1) is 5.83. The highest BCUT2D eigenvalue weighted by Crippen LogP contribution is 2.04. The number of halogens is 1. The van der Waals surface area contributed by atoms with Crippen LogP contribution in [0.4, 0.5) is 5.69 Å². The molecule has 0 spiro atoms. The molecule has 1 aromatic heterocycles. The summed E-state index contributed by atoms with van der Waals surface area (Å²) in [5.74, 6) is 0.427. The van der Waals surface area contributed by atoms with Crippen LogP contribution in [0.25, 0.3) is 0 Å². The van der Waals surface area contributed by atoms with Crippen molar-refractivity contribution in [3.05, 3.63) is 12.5 Å². The fourth-order valence-electron chi connectivity index (χ4n) is 0.717. The van der Waals surface area contributed by atoms with Gasteiger partial charge in [0.1, 0.15) is 12.0 Å². The van der Waals surface area contributed by atoms with E-state index in [4.69, 9.17) is 11.6 Å². The summed E-state index contributed by atoms with van der Waals surface area (Å²) in [7, 11) is 0. The van der Waals surface area contributed by atoms with Gasteiger partial charge >= 0.3 is 0 Å². The second-order valence-corrected chi connectivity index (χ2v) is 2.63. The third-order valence-corrected chi connectivity index (χ3v) is 1.52. The number of nitrogens with one attached hydrogen (secondary N) is 1. The zero-order valence-corrected chi connectivity index (χ0v) is 7.17. The largest absolute Gasteiger partial charge is 0.363 e. The van der Waals surface area contributed by atoms with Crippen molar-refractivity contribution in [2.75, 3.05) is 11.2 Å². The molecule has 1 rings (SSSR count). The Labute approximate surface area is 74.9 Å². The van der Waals surface area contributed by atoms with Crippen LogP contribution in [-0.2, 0) is 4.79 Å². The van der Waals surface area contributed by atoms with Crippen molar-refractivity contribution in [3.63, 3.8) is 0 Å². The minimum atomic E-state index is -0.0705. The van der Waals surface area contributed by atoms with Crippen molar-refractivity contribution in [3.8, 4) is 0 Å². The Kier molecular flexibility index (Phi) is 3.60. The number of hydrogen-bond donors (Lipinski definition) is 1. The molecule has 12 heavy (non-hydrogen) atoms. The van der Waals surface area contributed by atoms with E-state index in [9.17, 15) is 4.79 Å². The van der Waals surface area contributed by atoms with Crippen LogP contribution in [0.1, 0.15) is 12.8 Å². The molecule has 0 saturated heterocycles. The zero-order valence-electron chi connectivity index (χ0n) is 6.42. The van der Waals surface area contributed by atoms with Crippen LogP contribution < -0.4 is 5.32 Å². The molecule has 1 heterocycles. The normalized spacial score (nSPS) is 9.75. The maximum atomic E-state index is 11.0. The Morgan fingerprint density at radius 1 is 1.75 bits per heavy atom. The lowest BCUT2D eigenvalue weighted by molar-refractivity contribution is -0.116. The first-order valence-corrected chi connectivity index (χ1v) is 4.11. The number of aromatic nitrogens is 1. The third-order valence-electron chi connectivity index (χ3n) is 1.25. The van der Waals surface area contributed by atoms with Gasteiger partial charge in [0.2, 0.25) is 5.91 Å². The quantitative estimate of drug-likeness (QED) is 0.731. The molecule has 0 unspecified atom stereocenters. The number of amides is 1. The summed E-state index contributed by atoms with van der Waals surface area (Å²) in [6.45, 7) is 0. The minimum Gasteiger partial charge on any atom is -0.363 e. The molecule has 0 aliphatic rings. The van der Waals surface area contributed by atoms with E-state index in [1.165, 1.54) is 12.5 Å². The minimum absolute atomic E-state index is 0.0705. The van der Waals surface area contributed by atoms with Gasteiger partial charge in [-0.2, -0.15) is 0 Å². The van der Waals surface area contributed by atoms with E-state index in [0.29, 0.717) is 24.4 Å². The highest BCUT2D eigenvalue weighted by Gasteiger charge is 2.02. The Morgan fingerprint density at radius 3 is 3.17 bits per heavy atom. The molecule has 0 saturated carbocycles. The van der Waals surface area contributed by atoms with Crippen LogP contribution >= 0.6 is 11.6 Å². The van der Waals surface area contributed by atoms with Gasteiger partial charge in [0.05, 0.1) is 6.20 Å². The van der Waals surface area contributed by atoms with Crippen molar-refractivity contribution in [1.82, 2.24) is 5.16 Å². The second kappa shape index (κ2) is 4.77. The predicted molar refractivity (Wildman–Crippen MR) is 45.1 cm³/mol. The topological polar surface area (TPSA) is 55.1 Å². The van der Waals surface area contributed by atoms with Gasteiger partial charge in [0, 0.05) is 12.3 Å². The van der Waals surface area contributed by atoms with Crippen LogP contribution in [0, 0.1) is 0 Å². The molecule has 1 aromatic rings. The highest BCUT2D eigenvalue weighted by atomic mass is 35.5. The number of alkyl halides is 1. The number of carbonyl (C=O) groups is 1. The smallest absolute Gasteiger partial charge is 0.224 e. The Bertz CT molecular complexity index is 236. The number of rotatable bonds is 4. The Morgan fingerprint density at radius 2 is 2.58 bits per heavy atom. The van der Waals surface area contributed by atoms with E-state index in [0.717, 1.165) is 0 Å². The molecule has 1 amide bonds. The van der Waals surface area contributed by atoms with Gasteiger partial charge in [-0.05, 0) is 6.42 Å². The van der Waals surface area contributed by atoms with Crippen LogP contribution in [0.5, 0.6) is 0 Å². The average molecular weight is 189 g/mol. The van der Waals surface area contributed by atoms with Gasteiger partial charge in [-0.1, -0.05) is 5.16 Å². The molecule has 0 radical (unpaired) electrons. The number of nitrogens with zero attached hydrogens (tertiary/aromatic N) is 1. The van der Waals surface area contributed by atoms with Gasteiger partial charge in [-0.3, -0.25) is 4.79 Å². The molecular formula is C7H9ClN2O2. The average Bonchev–Trinajstić information content (AvgIpc) is 2.53. The molecule has 4 nitrogen and oxygen atoms in total. The van der Waals surface area contributed by atoms with Crippen LogP contribution in [0.15, 0.2) is 17.0 Å². The van der Waals surface area contributed by atoms with E-state index in [1.807, 2.05) is 0 Å². The van der Waals surface area contributed by atoms with E-state index in [1.54, 1.807) is 0 Å². The molecule has 0 aliphatic heterocycles. The second-order valence-electron chi connectivity index (χ2n) is 2.25. The lowest BCUT2D eigenvalue weighted by Gasteiger charge is -1.98. The lowest BCUT2D eigenvalue weighted by atomic mass is 10.3. The molecule has 0 aromatic carbocycles. The number of hydrogen-bond acceptors (Lipinski definition) is 3. The van der Waals surface area contributed by atoms with Crippen molar-refractivity contribution in [1.29, 1.82) is 0 Å². The van der Waals surface area contributed by atoms with Gasteiger partial charge in [0.15, 0.2) is 0 Å². The molecule has 0 fully saturated rings. The first-order valence-electron chi connectivity index (χ1n) is 3.58. The standard InChI is InChI=1S/C7H9ClN2O2/c8-3-1-2-7(11)10-6-4-9-12-5-6/h4-5H,1-3H2,(H,10,11). The summed E-state index contributed by atoms with van der Waals surface area (Å²) >= 11 is 5.42. The monoisotopic (exact) mass is 188 g/mol. The lowest BCUT2D eigenvalue weighted by Crippen LogP contribution is -2.10. The van der Waals surface area contributed by atoms with Crippen LogP contribution in [-0.4, -0.2) is 16.9 Å². The van der Waals surface area contributed by atoms with Crippen molar-refractivity contribution in [2.45, 2.75) is 12.8 Å². The summed E-state index contributed by atoms with van der Waals surface area (Å²) in [6, 6.07) is 0. The summed E-state index contributed by atoms with van der Waals surface area (Å²) in [4.78, 5) is 11.0. The zero-order chi connectivity index (χ0) is 8.81. The van der Waals surface area contributed by atoms with Crippen LogP contribution in [0.3, 0.4) is 0 Å². The van der Waals surface area contributed by atoms with E-state index in [-0.39, 0.29) is 5.91 Å². The van der Waals surface area contributed by atoms with Gasteiger partial charge in [0.25, 0.3) is 0 Å². The third kappa shape index (κ3) is 2.92. The van der Waals surface area contributed by atoms with Crippen molar-refractivity contribution < 1.29 is 9.32 Å². The molecule has 1 N–H and O–H groups in total. The maximum Gasteiger partial charge on any atom is 0.224 e. The van der Waals surface area contributed by atoms with Crippen molar-refractivity contribution >= 4 is 23.2 Å². The van der Waals surface area contributed by atoms with Crippen molar-refractivity contribution in [2.24, 2.45) is 0 Å². The van der Waals surface area contributed by atoms with Gasteiger partial charge in [-0.15, -0.1) is 11.6 Å². The Hall–Kier alpha value is -1.03. The number of anilines is 1. The molecule has 5 heteroatoms.